The van der Waals surface area contributed by atoms with Crippen LogP contribution >= 0.6 is 0 Å². The van der Waals surface area contributed by atoms with E-state index in [-0.39, 0.29) is 37.4 Å². The average molecular weight is 664 g/mol. The molecule has 0 unspecified atom stereocenters. The highest BCUT2D eigenvalue weighted by molar-refractivity contribution is 6.27. The maximum Gasteiger partial charge on any atom is 0.264 e. The first-order valence-corrected chi connectivity index (χ1v) is 17.0. The molecule has 3 aliphatic rings. The molecule has 5 aromatic carbocycles. The number of hydrogen-bond donors (Lipinski definition) is 2. The van der Waals surface area contributed by atoms with Crippen LogP contribution in [0.15, 0.2) is 121 Å². The highest BCUT2D eigenvalue weighted by Gasteiger charge is 2.52. The van der Waals surface area contributed by atoms with E-state index in [1.807, 2.05) is 103 Å². The molecule has 0 spiro atoms. The molecule has 0 saturated carbocycles. The number of rotatable bonds is 8. The summed E-state index contributed by atoms with van der Waals surface area (Å²) in [5.41, 5.74) is 4.67. The SMILES string of the molecule is C[C@@H](/C=C/CC(=O)N1Cc2ccccc2C[C@H]1CO)[C@]1(O)C(=O)N(Cc2ccc(N3C(=O)c4cccc5cccc3c45)cc2)c2ccccc21. The maximum atomic E-state index is 14.1. The molecule has 0 aromatic heterocycles. The number of carbonyl (C=O) groups is 3. The summed E-state index contributed by atoms with van der Waals surface area (Å²) in [6.07, 6.45) is 4.14. The lowest BCUT2D eigenvalue weighted by Crippen LogP contribution is -2.46. The summed E-state index contributed by atoms with van der Waals surface area (Å²) >= 11 is 0. The van der Waals surface area contributed by atoms with Crippen molar-refractivity contribution in [2.75, 3.05) is 16.4 Å². The van der Waals surface area contributed by atoms with Gasteiger partial charge in [-0.15, -0.1) is 0 Å². The molecule has 0 radical (unpaired) electrons. The Hall–Kier alpha value is -5.57. The number of fused-ring (bicyclic) bond motifs is 2. The number of aliphatic hydroxyl groups is 2. The van der Waals surface area contributed by atoms with E-state index in [9.17, 15) is 24.6 Å². The highest BCUT2D eigenvalue weighted by atomic mass is 16.3. The summed E-state index contributed by atoms with van der Waals surface area (Å²) in [6.45, 7) is 2.34. The number of carbonyl (C=O) groups excluding carboxylic acids is 3. The van der Waals surface area contributed by atoms with Gasteiger partial charge in [-0.25, -0.2) is 0 Å². The number of amides is 3. The van der Waals surface area contributed by atoms with Crippen molar-refractivity contribution in [3.05, 3.63) is 149 Å². The smallest absolute Gasteiger partial charge is 0.264 e. The third-order valence-electron chi connectivity index (χ3n) is 10.5. The molecule has 0 aliphatic carbocycles. The first kappa shape index (κ1) is 31.7. The lowest BCUT2D eigenvalue weighted by atomic mass is 9.83. The van der Waals surface area contributed by atoms with E-state index in [0.29, 0.717) is 29.8 Å². The number of hydrogen-bond acceptors (Lipinski definition) is 5. The van der Waals surface area contributed by atoms with Crippen LogP contribution in [0.25, 0.3) is 10.8 Å². The Kier molecular flexibility index (Phi) is 7.85. The minimum absolute atomic E-state index is 0.0727. The van der Waals surface area contributed by atoms with Gasteiger partial charge in [-0.05, 0) is 58.8 Å². The van der Waals surface area contributed by atoms with Crippen molar-refractivity contribution in [3.63, 3.8) is 0 Å². The van der Waals surface area contributed by atoms with E-state index in [4.69, 9.17) is 0 Å². The first-order chi connectivity index (χ1) is 24.3. The van der Waals surface area contributed by atoms with Gasteiger partial charge in [0.05, 0.1) is 36.1 Å². The molecular formula is C42H37N3O5. The van der Waals surface area contributed by atoms with Crippen molar-refractivity contribution in [2.24, 2.45) is 5.92 Å². The predicted molar refractivity (Wildman–Crippen MR) is 193 cm³/mol. The summed E-state index contributed by atoms with van der Waals surface area (Å²) in [5.74, 6) is -1.25. The quantitative estimate of drug-likeness (QED) is 0.187. The van der Waals surface area contributed by atoms with Crippen LogP contribution in [0.4, 0.5) is 17.1 Å². The van der Waals surface area contributed by atoms with Crippen molar-refractivity contribution in [1.29, 1.82) is 0 Å². The Labute approximate surface area is 290 Å². The fraction of sp³-hybridized carbons (Fsp3) is 0.214. The van der Waals surface area contributed by atoms with Crippen LogP contribution in [0.5, 0.6) is 0 Å². The van der Waals surface area contributed by atoms with Crippen LogP contribution < -0.4 is 9.80 Å². The highest BCUT2D eigenvalue weighted by Crippen LogP contribution is 2.46. The molecule has 3 amide bonds. The van der Waals surface area contributed by atoms with Crippen LogP contribution in [0, 0.1) is 5.92 Å². The van der Waals surface area contributed by atoms with Crippen LogP contribution in [0.2, 0.25) is 0 Å². The van der Waals surface area contributed by atoms with E-state index in [1.165, 1.54) is 0 Å². The zero-order valence-electron chi connectivity index (χ0n) is 27.7. The second-order valence-corrected chi connectivity index (χ2v) is 13.4. The summed E-state index contributed by atoms with van der Waals surface area (Å²) in [4.78, 5) is 45.9. The van der Waals surface area contributed by atoms with Gasteiger partial charge in [0.1, 0.15) is 0 Å². The third kappa shape index (κ3) is 5.02. The third-order valence-corrected chi connectivity index (χ3v) is 10.5. The molecule has 50 heavy (non-hydrogen) atoms. The topological polar surface area (TPSA) is 101 Å². The van der Waals surface area contributed by atoms with Crippen molar-refractivity contribution < 1.29 is 24.6 Å². The standard InChI is InChI=1S/C42H37N3O5/c1-27(9-6-18-38(47)43-25-31-11-3-2-10-30(31)23-33(43)26-46)42(50)35-15-4-5-16-36(35)44(41(42)49)24-28-19-21-32(22-20-28)45-37-17-8-13-29-12-7-14-34(39(29)37)40(45)48/h2-17,19-22,27,33,46,50H,18,23-26H2,1H3/b9-6+/t27-,33-,42+/m0/s1. The van der Waals surface area contributed by atoms with E-state index in [2.05, 4.69) is 0 Å². The lowest BCUT2D eigenvalue weighted by Gasteiger charge is -2.36. The lowest BCUT2D eigenvalue weighted by molar-refractivity contribution is -0.139. The molecule has 3 aliphatic heterocycles. The Bertz CT molecular complexity index is 2190. The molecule has 2 N–H and O–H groups in total. The minimum Gasteiger partial charge on any atom is -0.394 e. The van der Waals surface area contributed by atoms with Gasteiger partial charge in [0, 0.05) is 35.5 Å². The second kappa shape index (κ2) is 12.4. The molecule has 3 atom stereocenters. The Balaban J connectivity index is 0.986. The molecule has 0 saturated heterocycles. The van der Waals surface area contributed by atoms with Crippen molar-refractivity contribution >= 4 is 45.6 Å². The van der Waals surface area contributed by atoms with Crippen LogP contribution in [-0.4, -0.2) is 45.5 Å². The number of aliphatic hydroxyl groups excluding tert-OH is 1. The number of anilines is 3. The second-order valence-electron chi connectivity index (χ2n) is 13.4. The molecule has 8 rings (SSSR count). The number of para-hydroxylation sites is 1. The Morgan fingerprint density at radius 2 is 1.58 bits per heavy atom. The molecular weight excluding hydrogens is 626 g/mol. The van der Waals surface area contributed by atoms with Gasteiger partial charge in [-0.1, -0.05) is 97.9 Å². The van der Waals surface area contributed by atoms with Gasteiger partial charge in [-0.3, -0.25) is 19.3 Å². The summed E-state index contributed by atoms with van der Waals surface area (Å²) in [7, 11) is 0. The van der Waals surface area contributed by atoms with Gasteiger partial charge in [0.2, 0.25) is 5.91 Å². The Morgan fingerprint density at radius 3 is 2.36 bits per heavy atom. The zero-order chi connectivity index (χ0) is 34.6. The van der Waals surface area contributed by atoms with E-state index >= 15 is 0 Å². The number of benzene rings is 5. The molecule has 0 fully saturated rings. The zero-order valence-corrected chi connectivity index (χ0v) is 27.7. The fourth-order valence-electron chi connectivity index (χ4n) is 7.84. The molecule has 8 heteroatoms. The van der Waals surface area contributed by atoms with Gasteiger partial charge in [-0.2, -0.15) is 0 Å². The van der Waals surface area contributed by atoms with Gasteiger partial charge in [0.25, 0.3) is 11.8 Å². The maximum absolute atomic E-state index is 14.1. The molecule has 0 bridgehead atoms. The van der Waals surface area contributed by atoms with Crippen LogP contribution in [-0.2, 0) is 34.7 Å². The van der Waals surface area contributed by atoms with Gasteiger partial charge < -0.3 is 20.0 Å². The summed E-state index contributed by atoms with van der Waals surface area (Å²) in [6, 6.07) is 34.2. The van der Waals surface area contributed by atoms with Crippen LogP contribution in [0.3, 0.4) is 0 Å². The Morgan fingerprint density at radius 1 is 0.880 bits per heavy atom. The minimum atomic E-state index is -1.82. The van der Waals surface area contributed by atoms with E-state index in [0.717, 1.165) is 38.8 Å². The van der Waals surface area contributed by atoms with Crippen LogP contribution in [0.1, 0.15) is 46.0 Å². The molecule has 8 nitrogen and oxygen atoms in total. The molecule has 5 aromatic rings. The largest absolute Gasteiger partial charge is 0.394 e. The van der Waals surface area contributed by atoms with Crippen molar-refractivity contribution in [2.45, 2.75) is 44.5 Å². The monoisotopic (exact) mass is 663 g/mol. The predicted octanol–water partition coefficient (Wildman–Crippen LogP) is 6.39. The van der Waals surface area contributed by atoms with Gasteiger partial charge in [0.15, 0.2) is 5.60 Å². The molecule has 250 valence electrons. The normalized spacial score (nSPS) is 20.1. The molecule has 3 heterocycles. The van der Waals surface area contributed by atoms with Crippen molar-refractivity contribution in [3.8, 4) is 0 Å². The van der Waals surface area contributed by atoms with Crippen molar-refractivity contribution in [1.82, 2.24) is 4.90 Å². The summed E-state index contributed by atoms with van der Waals surface area (Å²) < 4.78 is 0. The van der Waals surface area contributed by atoms with E-state index < -0.39 is 17.4 Å². The first-order valence-electron chi connectivity index (χ1n) is 17.0. The number of nitrogens with zero attached hydrogens (tertiary/aromatic N) is 3. The van der Waals surface area contributed by atoms with Gasteiger partial charge >= 0.3 is 0 Å². The van der Waals surface area contributed by atoms with E-state index in [1.54, 1.807) is 39.8 Å². The fourth-order valence-corrected chi connectivity index (χ4v) is 7.84. The summed E-state index contributed by atoms with van der Waals surface area (Å²) in [5, 5.41) is 24.1. The average Bonchev–Trinajstić information content (AvgIpc) is 3.56.